The monoisotopic (exact) mass is 303 g/mol. The van der Waals surface area contributed by atoms with Crippen LogP contribution in [-0.4, -0.2) is 41.6 Å². The number of rotatable bonds is 5. The first-order valence-electron chi connectivity index (χ1n) is 7.88. The molecule has 1 atom stereocenters. The molecule has 1 aromatic rings. The Morgan fingerprint density at radius 1 is 1.18 bits per heavy atom. The molecular formula is C17H21NO4. The fourth-order valence-electron chi connectivity index (χ4n) is 2.74. The van der Waals surface area contributed by atoms with Crippen LogP contribution in [0.5, 0.6) is 5.75 Å². The summed E-state index contributed by atoms with van der Waals surface area (Å²) in [6, 6.07) is 7.15. The van der Waals surface area contributed by atoms with Crippen molar-refractivity contribution in [1.82, 2.24) is 4.90 Å². The minimum Gasteiger partial charge on any atom is -0.493 e. The normalized spacial score (nSPS) is 21.5. The first-order valence-corrected chi connectivity index (χ1v) is 7.88. The van der Waals surface area contributed by atoms with E-state index in [0.717, 1.165) is 18.8 Å². The van der Waals surface area contributed by atoms with Crippen LogP contribution < -0.4 is 4.74 Å². The molecule has 0 bridgehead atoms. The van der Waals surface area contributed by atoms with Crippen molar-refractivity contribution in [3.05, 3.63) is 29.8 Å². The van der Waals surface area contributed by atoms with Crippen molar-refractivity contribution in [2.45, 2.75) is 25.7 Å². The Bertz CT molecular complexity index is 550. The molecule has 0 spiro atoms. The summed E-state index contributed by atoms with van der Waals surface area (Å²) in [5.74, 6) is 0.119. The van der Waals surface area contributed by atoms with Gasteiger partial charge in [-0.05, 0) is 55.9 Å². The number of ether oxygens (including phenoxy) is 1. The number of aliphatic carboxylic acids is 1. The second-order valence-electron chi connectivity index (χ2n) is 6.21. The van der Waals surface area contributed by atoms with Crippen molar-refractivity contribution in [2.75, 3.05) is 19.7 Å². The summed E-state index contributed by atoms with van der Waals surface area (Å²) in [6.45, 7) is 1.68. The molecule has 2 fully saturated rings. The number of hydrogen-bond donors (Lipinski definition) is 1. The van der Waals surface area contributed by atoms with Gasteiger partial charge in [-0.1, -0.05) is 0 Å². The van der Waals surface area contributed by atoms with E-state index in [2.05, 4.69) is 0 Å². The summed E-state index contributed by atoms with van der Waals surface area (Å²) < 4.78 is 5.66. The van der Waals surface area contributed by atoms with Crippen LogP contribution in [0.3, 0.4) is 0 Å². The van der Waals surface area contributed by atoms with Crippen LogP contribution in [0.2, 0.25) is 0 Å². The van der Waals surface area contributed by atoms with Crippen molar-refractivity contribution in [3.8, 4) is 5.75 Å². The van der Waals surface area contributed by atoms with Gasteiger partial charge in [-0.3, -0.25) is 9.59 Å². The highest BCUT2D eigenvalue weighted by Crippen LogP contribution is 2.29. The Morgan fingerprint density at radius 3 is 2.55 bits per heavy atom. The number of hydrogen-bond acceptors (Lipinski definition) is 3. The molecule has 1 aliphatic heterocycles. The Kier molecular flexibility index (Phi) is 4.32. The second-order valence-corrected chi connectivity index (χ2v) is 6.21. The fraction of sp³-hybridized carbons (Fsp3) is 0.529. The zero-order valence-electron chi connectivity index (χ0n) is 12.5. The number of likely N-dealkylation sites (tertiary alicyclic amines) is 1. The average Bonchev–Trinajstić information content (AvgIpc) is 3.37. The number of piperidine rings is 1. The van der Waals surface area contributed by atoms with E-state index in [0.29, 0.717) is 31.0 Å². The van der Waals surface area contributed by atoms with Crippen LogP contribution in [0.4, 0.5) is 0 Å². The molecule has 5 heteroatoms. The van der Waals surface area contributed by atoms with Crippen LogP contribution in [0.15, 0.2) is 24.3 Å². The summed E-state index contributed by atoms with van der Waals surface area (Å²) in [7, 11) is 0. The van der Waals surface area contributed by atoms with Crippen LogP contribution in [-0.2, 0) is 4.79 Å². The lowest BCUT2D eigenvalue weighted by Gasteiger charge is -2.30. The lowest BCUT2D eigenvalue weighted by molar-refractivity contribution is -0.143. The molecule has 1 amide bonds. The minimum absolute atomic E-state index is 0.0975. The molecule has 3 rings (SSSR count). The average molecular weight is 303 g/mol. The third kappa shape index (κ3) is 3.59. The molecule has 1 saturated carbocycles. The van der Waals surface area contributed by atoms with Crippen LogP contribution in [0.1, 0.15) is 36.0 Å². The van der Waals surface area contributed by atoms with Gasteiger partial charge in [0.15, 0.2) is 0 Å². The molecule has 1 aromatic carbocycles. The Labute approximate surface area is 129 Å². The lowest BCUT2D eigenvalue weighted by Crippen LogP contribution is -2.42. The maximum absolute atomic E-state index is 12.4. The van der Waals surface area contributed by atoms with Crippen LogP contribution >= 0.6 is 0 Å². The van der Waals surface area contributed by atoms with Gasteiger partial charge in [-0.2, -0.15) is 0 Å². The maximum Gasteiger partial charge on any atom is 0.308 e. The van der Waals surface area contributed by atoms with Gasteiger partial charge in [0.2, 0.25) is 0 Å². The van der Waals surface area contributed by atoms with E-state index in [9.17, 15) is 9.59 Å². The number of carbonyl (C=O) groups excluding carboxylic acids is 1. The van der Waals surface area contributed by atoms with E-state index in [1.54, 1.807) is 17.0 Å². The summed E-state index contributed by atoms with van der Waals surface area (Å²) >= 11 is 0. The second kappa shape index (κ2) is 6.38. The zero-order valence-corrected chi connectivity index (χ0v) is 12.5. The molecule has 1 saturated heterocycles. The molecule has 5 nitrogen and oxygen atoms in total. The number of carboxylic acids is 1. The topological polar surface area (TPSA) is 66.8 Å². The van der Waals surface area contributed by atoms with Crippen molar-refractivity contribution in [1.29, 1.82) is 0 Å². The number of carboxylic acid groups (broad SMARTS) is 1. The molecule has 2 aliphatic rings. The highest BCUT2D eigenvalue weighted by Gasteiger charge is 2.28. The van der Waals surface area contributed by atoms with Gasteiger partial charge in [0.25, 0.3) is 5.91 Å². The molecule has 1 heterocycles. The predicted molar refractivity (Wildman–Crippen MR) is 80.9 cm³/mol. The van der Waals surface area contributed by atoms with E-state index in [-0.39, 0.29) is 5.91 Å². The van der Waals surface area contributed by atoms with E-state index in [1.165, 1.54) is 12.8 Å². The molecular weight excluding hydrogens is 282 g/mol. The lowest BCUT2D eigenvalue weighted by atomic mass is 9.97. The summed E-state index contributed by atoms with van der Waals surface area (Å²) in [4.78, 5) is 25.2. The van der Waals surface area contributed by atoms with Gasteiger partial charge in [0.05, 0.1) is 12.5 Å². The summed E-state index contributed by atoms with van der Waals surface area (Å²) in [5, 5.41) is 9.10. The highest BCUT2D eigenvalue weighted by atomic mass is 16.5. The number of nitrogens with zero attached hydrogens (tertiary/aromatic N) is 1. The fourth-order valence-corrected chi connectivity index (χ4v) is 2.74. The first kappa shape index (κ1) is 14.9. The first-order chi connectivity index (χ1) is 10.6. The molecule has 1 aliphatic carbocycles. The largest absolute Gasteiger partial charge is 0.493 e. The van der Waals surface area contributed by atoms with Gasteiger partial charge in [0.1, 0.15) is 5.75 Å². The van der Waals surface area contributed by atoms with E-state index in [4.69, 9.17) is 9.84 Å². The molecule has 22 heavy (non-hydrogen) atoms. The Hall–Kier alpha value is -2.04. The van der Waals surface area contributed by atoms with Gasteiger partial charge in [-0.25, -0.2) is 0 Å². The van der Waals surface area contributed by atoms with Crippen molar-refractivity contribution < 1.29 is 19.4 Å². The van der Waals surface area contributed by atoms with E-state index >= 15 is 0 Å². The molecule has 118 valence electrons. The quantitative estimate of drug-likeness (QED) is 0.907. The SMILES string of the molecule is O=C(O)[C@H]1CCCN(C(=O)c2ccc(OCC3CC3)cc2)C1. The van der Waals surface area contributed by atoms with Crippen molar-refractivity contribution in [3.63, 3.8) is 0 Å². The predicted octanol–water partition coefficient (Wildman–Crippen LogP) is 2.41. The van der Waals surface area contributed by atoms with E-state index in [1.807, 2.05) is 12.1 Å². The molecule has 1 N–H and O–H groups in total. The third-order valence-corrected chi connectivity index (χ3v) is 4.34. The van der Waals surface area contributed by atoms with Gasteiger partial charge in [-0.15, -0.1) is 0 Å². The summed E-state index contributed by atoms with van der Waals surface area (Å²) in [5.41, 5.74) is 0.588. The van der Waals surface area contributed by atoms with Crippen molar-refractivity contribution >= 4 is 11.9 Å². The molecule has 0 radical (unpaired) electrons. The van der Waals surface area contributed by atoms with Crippen LogP contribution in [0, 0.1) is 11.8 Å². The minimum atomic E-state index is -0.818. The highest BCUT2D eigenvalue weighted by molar-refractivity contribution is 5.94. The molecule has 0 unspecified atom stereocenters. The number of benzene rings is 1. The smallest absolute Gasteiger partial charge is 0.308 e. The van der Waals surface area contributed by atoms with Gasteiger partial charge < -0.3 is 14.7 Å². The Balaban J connectivity index is 1.59. The number of amides is 1. The van der Waals surface area contributed by atoms with E-state index < -0.39 is 11.9 Å². The zero-order chi connectivity index (χ0) is 15.5. The van der Waals surface area contributed by atoms with Gasteiger partial charge in [0, 0.05) is 18.7 Å². The van der Waals surface area contributed by atoms with Crippen LogP contribution in [0.25, 0.3) is 0 Å². The number of carbonyl (C=O) groups is 2. The Morgan fingerprint density at radius 2 is 1.91 bits per heavy atom. The van der Waals surface area contributed by atoms with Gasteiger partial charge >= 0.3 is 5.97 Å². The molecule has 0 aromatic heterocycles. The maximum atomic E-state index is 12.4. The standard InChI is InChI=1S/C17H21NO4/c19-16(18-9-1-2-14(10-18)17(20)21)13-5-7-15(8-6-13)22-11-12-3-4-12/h5-8,12,14H,1-4,9-11H2,(H,20,21)/t14-/m0/s1. The third-order valence-electron chi connectivity index (χ3n) is 4.34. The summed E-state index contributed by atoms with van der Waals surface area (Å²) in [6.07, 6.45) is 3.88. The van der Waals surface area contributed by atoms with Crippen molar-refractivity contribution in [2.24, 2.45) is 11.8 Å².